The van der Waals surface area contributed by atoms with Crippen LogP contribution in [0.25, 0.3) is 16.8 Å². The Labute approximate surface area is 137 Å². The molecule has 0 aromatic carbocycles. The Hall–Kier alpha value is -1.68. The van der Waals surface area contributed by atoms with E-state index in [9.17, 15) is 0 Å². The maximum Gasteiger partial charge on any atom is 0.170 e. The van der Waals surface area contributed by atoms with E-state index in [0.29, 0.717) is 5.92 Å². The van der Waals surface area contributed by atoms with Crippen molar-refractivity contribution in [1.29, 1.82) is 0 Å². The molecule has 0 unspecified atom stereocenters. The molecule has 0 spiro atoms. The number of nitrogens with two attached hydrogens (primary N) is 1. The molecule has 0 aliphatic carbocycles. The van der Waals surface area contributed by atoms with E-state index in [2.05, 4.69) is 50.2 Å². The van der Waals surface area contributed by atoms with Gasteiger partial charge in [-0.2, -0.15) is 0 Å². The van der Waals surface area contributed by atoms with Gasteiger partial charge in [0.15, 0.2) is 5.71 Å². The van der Waals surface area contributed by atoms with Crippen molar-refractivity contribution in [2.24, 2.45) is 5.92 Å². The van der Waals surface area contributed by atoms with Gasteiger partial charge in [0.2, 0.25) is 0 Å². The fourth-order valence-corrected chi connectivity index (χ4v) is 3.54. The van der Waals surface area contributed by atoms with E-state index in [1.165, 1.54) is 16.0 Å². The summed E-state index contributed by atoms with van der Waals surface area (Å²) in [6.45, 7) is 10.6. The van der Waals surface area contributed by atoms with Crippen molar-refractivity contribution < 1.29 is 5.41 Å². The van der Waals surface area contributed by atoms with Crippen LogP contribution in [0.2, 0.25) is 0 Å². The summed E-state index contributed by atoms with van der Waals surface area (Å²) in [5, 5.41) is 8.06. The monoisotopic (exact) mass is 316 g/mol. The third kappa shape index (κ3) is 3.38. The molecule has 0 aliphatic heterocycles. The third-order valence-electron chi connectivity index (χ3n) is 4.08. The molecule has 0 amide bonds. The zero-order valence-corrected chi connectivity index (χ0v) is 15.0. The normalized spacial score (nSPS) is 12.2. The van der Waals surface area contributed by atoms with Gasteiger partial charge in [-0.3, -0.25) is 5.41 Å². The summed E-state index contributed by atoms with van der Waals surface area (Å²) in [6, 6.07) is 2.15. The van der Waals surface area contributed by atoms with Crippen LogP contribution in [0.4, 0.5) is 0 Å². The average Bonchev–Trinajstić information content (AvgIpc) is 3.04. The molecule has 2 heterocycles. The summed E-state index contributed by atoms with van der Waals surface area (Å²) in [7, 11) is 0. The number of thiophene rings is 1. The van der Waals surface area contributed by atoms with Gasteiger partial charge in [-0.1, -0.05) is 13.8 Å². The smallest absolute Gasteiger partial charge is 0.170 e. The quantitative estimate of drug-likeness (QED) is 0.783. The van der Waals surface area contributed by atoms with Crippen LogP contribution >= 0.6 is 11.3 Å². The summed E-state index contributed by atoms with van der Waals surface area (Å²) in [5.74, 6) is 1.43. The first kappa shape index (κ1) is 16.7. The molecule has 0 saturated heterocycles. The van der Waals surface area contributed by atoms with Crippen molar-refractivity contribution in [2.45, 2.75) is 47.5 Å². The second kappa shape index (κ2) is 7.05. The van der Waals surface area contributed by atoms with Gasteiger partial charge in [0, 0.05) is 34.7 Å². The number of aromatic nitrogens is 2. The Kier molecular flexibility index (Phi) is 5.35. The second-order valence-corrected chi connectivity index (χ2v) is 6.93. The maximum atomic E-state index is 5.94. The number of hydrogen-bond acceptors (Lipinski definition) is 2. The summed E-state index contributed by atoms with van der Waals surface area (Å²) in [5.41, 5.74) is 5.43. The van der Waals surface area contributed by atoms with E-state index in [1.54, 1.807) is 11.3 Å². The minimum Gasteiger partial charge on any atom is -0.342 e. The largest absolute Gasteiger partial charge is 0.342 e. The molecule has 0 radical (unpaired) electrons. The molecule has 0 saturated carbocycles. The minimum absolute atomic E-state index is 0.473. The molecule has 3 nitrogen and oxygen atoms in total. The molecular weight excluding hydrogens is 290 g/mol. The molecule has 2 rings (SSSR count). The number of H-pyrrole nitrogens is 1. The molecule has 0 aliphatic rings. The molecule has 3 N–H and O–H groups in total. The Morgan fingerprint density at radius 2 is 2.05 bits per heavy atom. The number of aryl methyl sites for hydroxylation is 2. The van der Waals surface area contributed by atoms with Crippen LogP contribution < -0.4 is 5.41 Å². The second-order valence-electron chi connectivity index (χ2n) is 5.81. The van der Waals surface area contributed by atoms with Crippen molar-refractivity contribution in [1.82, 2.24) is 9.97 Å². The lowest BCUT2D eigenvalue weighted by Gasteiger charge is -2.14. The number of aromatic amines is 1. The van der Waals surface area contributed by atoms with Crippen LogP contribution in [-0.4, -0.2) is 15.7 Å². The zero-order chi connectivity index (χ0) is 16.3. The van der Waals surface area contributed by atoms with Gasteiger partial charge < -0.3 is 4.98 Å². The van der Waals surface area contributed by atoms with Crippen LogP contribution in [0.5, 0.6) is 0 Å². The summed E-state index contributed by atoms with van der Waals surface area (Å²) in [6.07, 6.45) is 4.24. The molecule has 118 valence electrons. The van der Waals surface area contributed by atoms with E-state index in [-0.39, 0.29) is 0 Å². The number of nitrogens with zero attached hydrogens (tertiary/aromatic N) is 1. The number of imidazole rings is 1. The molecule has 4 heteroatoms. The Morgan fingerprint density at radius 1 is 1.36 bits per heavy atom. The van der Waals surface area contributed by atoms with Crippen LogP contribution in [0.3, 0.4) is 0 Å². The van der Waals surface area contributed by atoms with E-state index in [1.807, 2.05) is 6.92 Å². The van der Waals surface area contributed by atoms with Crippen molar-refractivity contribution in [3.05, 3.63) is 33.9 Å². The lowest BCUT2D eigenvalue weighted by Crippen LogP contribution is -2.36. The predicted octanol–water partition coefficient (Wildman–Crippen LogP) is 3.79. The highest BCUT2D eigenvalue weighted by Crippen LogP contribution is 2.32. The van der Waals surface area contributed by atoms with Crippen molar-refractivity contribution in [2.75, 3.05) is 0 Å². The van der Waals surface area contributed by atoms with Gasteiger partial charge >= 0.3 is 0 Å². The Bertz CT molecular complexity index is 687. The highest BCUT2D eigenvalue weighted by Gasteiger charge is 2.19. The maximum absolute atomic E-state index is 5.94. The van der Waals surface area contributed by atoms with Gasteiger partial charge in [0.25, 0.3) is 0 Å². The summed E-state index contributed by atoms with van der Waals surface area (Å²) >= 11 is 1.76. The topological polar surface area (TPSA) is 54.3 Å². The van der Waals surface area contributed by atoms with E-state index >= 15 is 0 Å². The SMILES string of the molecule is CCC(CC)/C(=C/C(C)=[NH2+])c1nc(-c2ccsc2C)c(C)[nH]1. The van der Waals surface area contributed by atoms with Crippen LogP contribution in [0.15, 0.2) is 17.5 Å². The van der Waals surface area contributed by atoms with Crippen LogP contribution in [0, 0.1) is 19.8 Å². The summed E-state index contributed by atoms with van der Waals surface area (Å²) in [4.78, 5) is 9.67. The average molecular weight is 316 g/mol. The van der Waals surface area contributed by atoms with E-state index in [0.717, 1.165) is 35.8 Å². The molecule has 0 atom stereocenters. The van der Waals surface area contributed by atoms with Crippen molar-refractivity contribution >= 4 is 22.6 Å². The van der Waals surface area contributed by atoms with E-state index < -0.39 is 0 Å². The number of allylic oxidation sites excluding steroid dienone is 2. The van der Waals surface area contributed by atoms with Crippen LogP contribution in [0.1, 0.15) is 50.0 Å². The van der Waals surface area contributed by atoms with Crippen molar-refractivity contribution in [3.63, 3.8) is 0 Å². The Balaban J connectivity index is 2.51. The van der Waals surface area contributed by atoms with Crippen molar-refractivity contribution in [3.8, 4) is 11.3 Å². The van der Waals surface area contributed by atoms with Gasteiger partial charge in [0.1, 0.15) is 5.82 Å². The predicted molar refractivity (Wildman–Crippen MR) is 96.0 cm³/mol. The van der Waals surface area contributed by atoms with Gasteiger partial charge in [0.05, 0.1) is 5.69 Å². The first-order chi connectivity index (χ1) is 10.5. The molecular formula is C18H26N3S+. The third-order valence-corrected chi connectivity index (χ3v) is 4.93. The fraction of sp³-hybridized carbons (Fsp3) is 0.444. The summed E-state index contributed by atoms with van der Waals surface area (Å²) < 4.78 is 0. The molecule has 2 aromatic rings. The standard InChI is InChI=1S/C18H25N3S/c1-6-14(7-2)16(10-11(3)19)18-20-12(4)17(21-18)15-8-9-22-13(15)5/h8-10,14,19H,6-7H2,1-5H3,(H,20,21)/p+1/b16-10-,19-11?. The highest BCUT2D eigenvalue weighted by molar-refractivity contribution is 7.10. The zero-order valence-electron chi connectivity index (χ0n) is 14.2. The highest BCUT2D eigenvalue weighted by atomic mass is 32.1. The van der Waals surface area contributed by atoms with E-state index in [4.69, 9.17) is 10.4 Å². The lowest BCUT2D eigenvalue weighted by atomic mass is 9.92. The molecule has 0 bridgehead atoms. The molecule has 2 aromatic heterocycles. The number of nitrogens with one attached hydrogen (secondary N) is 1. The first-order valence-electron chi connectivity index (χ1n) is 7.89. The Morgan fingerprint density at radius 3 is 2.55 bits per heavy atom. The van der Waals surface area contributed by atoms with Gasteiger partial charge in [-0.25, -0.2) is 4.98 Å². The van der Waals surface area contributed by atoms with Gasteiger partial charge in [-0.05, 0) is 44.1 Å². The lowest BCUT2D eigenvalue weighted by molar-refractivity contribution is -0.112. The number of hydrogen-bond donors (Lipinski definition) is 2. The van der Waals surface area contributed by atoms with Crippen LogP contribution in [-0.2, 0) is 0 Å². The number of rotatable bonds is 6. The fourth-order valence-electron chi connectivity index (χ4n) is 2.84. The first-order valence-corrected chi connectivity index (χ1v) is 8.77. The molecule has 0 fully saturated rings. The molecule has 22 heavy (non-hydrogen) atoms. The van der Waals surface area contributed by atoms with Gasteiger partial charge in [-0.15, -0.1) is 11.3 Å². The minimum atomic E-state index is 0.473.